The summed E-state index contributed by atoms with van der Waals surface area (Å²) in [4.78, 5) is 6.77. The highest BCUT2D eigenvalue weighted by atomic mass is 16.5. The minimum atomic E-state index is -0.572. The number of aromatic nitrogens is 2. The summed E-state index contributed by atoms with van der Waals surface area (Å²) in [6.07, 6.45) is 0.624. The highest BCUT2D eigenvalue weighted by Gasteiger charge is 2.31. The van der Waals surface area contributed by atoms with Gasteiger partial charge in [0.2, 0.25) is 11.7 Å². The van der Waals surface area contributed by atoms with Crippen LogP contribution in [0.2, 0.25) is 0 Å². The van der Waals surface area contributed by atoms with Gasteiger partial charge in [0.05, 0.1) is 12.1 Å². The van der Waals surface area contributed by atoms with Crippen molar-refractivity contribution in [3.8, 4) is 0 Å². The fourth-order valence-electron chi connectivity index (χ4n) is 2.04. The van der Waals surface area contributed by atoms with Crippen molar-refractivity contribution in [2.75, 3.05) is 19.7 Å². The van der Waals surface area contributed by atoms with Crippen LogP contribution in [0.25, 0.3) is 0 Å². The molecule has 6 heteroatoms. The van der Waals surface area contributed by atoms with Crippen molar-refractivity contribution < 1.29 is 9.26 Å². The van der Waals surface area contributed by atoms with Crippen molar-refractivity contribution in [3.05, 3.63) is 11.7 Å². The molecule has 1 aromatic heterocycles. The van der Waals surface area contributed by atoms with E-state index in [0.29, 0.717) is 24.4 Å². The van der Waals surface area contributed by atoms with Gasteiger partial charge in [0.25, 0.3) is 0 Å². The van der Waals surface area contributed by atoms with E-state index in [-0.39, 0.29) is 6.10 Å². The number of hydrogen-bond acceptors (Lipinski definition) is 6. The molecule has 6 nitrogen and oxygen atoms in total. The fourth-order valence-corrected chi connectivity index (χ4v) is 2.04. The molecule has 0 aromatic carbocycles. The molecule has 1 fully saturated rings. The Hall–Kier alpha value is -0.980. The summed E-state index contributed by atoms with van der Waals surface area (Å²) in [6.45, 7) is 10.7. The molecule has 0 aliphatic carbocycles. The Labute approximate surface area is 114 Å². The molecule has 2 unspecified atom stereocenters. The van der Waals surface area contributed by atoms with Crippen LogP contribution in [-0.2, 0) is 10.3 Å². The minimum absolute atomic E-state index is 0.124. The van der Waals surface area contributed by atoms with E-state index in [2.05, 4.69) is 28.9 Å². The number of hydrogen-bond donors (Lipinski definition) is 1. The second kappa shape index (κ2) is 5.56. The van der Waals surface area contributed by atoms with Crippen LogP contribution in [0, 0.1) is 0 Å². The Bertz CT molecular complexity index is 417. The van der Waals surface area contributed by atoms with E-state index in [9.17, 15) is 0 Å². The van der Waals surface area contributed by atoms with E-state index in [1.54, 1.807) is 0 Å². The summed E-state index contributed by atoms with van der Waals surface area (Å²) in [6, 6.07) is 0.494. The predicted molar refractivity (Wildman–Crippen MR) is 71.5 cm³/mol. The Morgan fingerprint density at radius 1 is 1.53 bits per heavy atom. The lowest BCUT2D eigenvalue weighted by Crippen LogP contribution is -2.42. The van der Waals surface area contributed by atoms with Gasteiger partial charge in [0.15, 0.2) is 0 Å². The molecular formula is C13H24N4O2. The zero-order valence-electron chi connectivity index (χ0n) is 12.2. The lowest BCUT2D eigenvalue weighted by molar-refractivity contribution is -0.0450. The van der Waals surface area contributed by atoms with E-state index in [1.807, 2.05) is 13.8 Å². The van der Waals surface area contributed by atoms with Crippen molar-refractivity contribution in [3.63, 3.8) is 0 Å². The van der Waals surface area contributed by atoms with Crippen molar-refractivity contribution >= 4 is 0 Å². The van der Waals surface area contributed by atoms with Crippen LogP contribution in [-0.4, -0.2) is 40.8 Å². The monoisotopic (exact) mass is 268 g/mol. The Morgan fingerprint density at radius 2 is 2.26 bits per heavy atom. The highest BCUT2D eigenvalue weighted by molar-refractivity contribution is 5.02. The normalized spacial score (nSPS) is 24.6. The predicted octanol–water partition coefficient (Wildman–Crippen LogP) is 1.44. The zero-order chi connectivity index (χ0) is 14.0. The van der Waals surface area contributed by atoms with Crippen LogP contribution in [0.3, 0.4) is 0 Å². The summed E-state index contributed by atoms with van der Waals surface area (Å²) < 4.78 is 11.0. The third-order valence-corrected chi connectivity index (χ3v) is 3.78. The Kier molecular flexibility index (Phi) is 4.23. The molecule has 2 N–H and O–H groups in total. The van der Waals surface area contributed by atoms with Crippen molar-refractivity contribution in [1.82, 2.24) is 15.0 Å². The molecule has 1 saturated heterocycles. The van der Waals surface area contributed by atoms with Gasteiger partial charge in [-0.05, 0) is 27.2 Å². The Balaban J connectivity index is 2.10. The maximum absolute atomic E-state index is 6.11. The van der Waals surface area contributed by atoms with E-state index < -0.39 is 5.54 Å². The van der Waals surface area contributed by atoms with Gasteiger partial charge in [-0.2, -0.15) is 4.98 Å². The summed E-state index contributed by atoms with van der Waals surface area (Å²) in [5.41, 5.74) is 5.54. The molecule has 0 bridgehead atoms. The lowest BCUT2D eigenvalue weighted by atomic mass is 10.0. The molecular weight excluding hydrogens is 244 g/mol. The number of nitrogens with two attached hydrogens (primary N) is 1. The first-order valence-electron chi connectivity index (χ1n) is 6.92. The second-order valence-corrected chi connectivity index (χ2v) is 5.68. The number of rotatable bonds is 4. The minimum Gasteiger partial charge on any atom is -0.367 e. The van der Waals surface area contributed by atoms with Crippen LogP contribution in [0.5, 0.6) is 0 Å². The summed E-state index contributed by atoms with van der Waals surface area (Å²) in [7, 11) is 0. The molecule has 0 radical (unpaired) electrons. The van der Waals surface area contributed by atoms with E-state index >= 15 is 0 Å². The SMILES string of the molecule is CCC(C)(N)c1nc(C2CN(C(C)C)CCO2)no1. The molecule has 2 atom stereocenters. The van der Waals surface area contributed by atoms with Gasteiger partial charge >= 0.3 is 0 Å². The average Bonchev–Trinajstić information content (AvgIpc) is 2.89. The summed E-state index contributed by atoms with van der Waals surface area (Å²) in [5, 5.41) is 4.03. The number of morpholine rings is 1. The topological polar surface area (TPSA) is 77.4 Å². The van der Waals surface area contributed by atoms with Crippen LogP contribution >= 0.6 is 0 Å². The third-order valence-electron chi connectivity index (χ3n) is 3.78. The van der Waals surface area contributed by atoms with Crippen LogP contribution in [0.1, 0.15) is 51.9 Å². The molecule has 108 valence electrons. The first-order chi connectivity index (χ1) is 8.94. The van der Waals surface area contributed by atoms with Crippen LogP contribution in [0.4, 0.5) is 0 Å². The van der Waals surface area contributed by atoms with Crippen molar-refractivity contribution in [2.24, 2.45) is 5.73 Å². The van der Waals surface area contributed by atoms with Gasteiger partial charge in [0, 0.05) is 19.1 Å². The molecule has 19 heavy (non-hydrogen) atoms. The third kappa shape index (κ3) is 3.13. The molecule has 1 aromatic rings. The summed E-state index contributed by atoms with van der Waals surface area (Å²) >= 11 is 0. The second-order valence-electron chi connectivity index (χ2n) is 5.68. The molecule has 1 aliphatic rings. The number of nitrogens with zero attached hydrogens (tertiary/aromatic N) is 3. The largest absolute Gasteiger partial charge is 0.367 e. The first-order valence-corrected chi connectivity index (χ1v) is 6.92. The quantitative estimate of drug-likeness (QED) is 0.890. The Morgan fingerprint density at radius 3 is 2.89 bits per heavy atom. The van der Waals surface area contributed by atoms with Gasteiger partial charge in [0.1, 0.15) is 6.10 Å². The first kappa shape index (κ1) is 14.4. The molecule has 2 rings (SSSR count). The molecule has 0 spiro atoms. The van der Waals surface area contributed by atoms with Gasteiger partial charge in [-0.1, -0.05) is 12.1 Å². The maximum Gasteiger partial charge on any atom is 0.246 e. The standard InChI is InChI=1S/C13H24N4O2/c1-5-13(4,14)12-15-11(16-19-12)10-8-17(9(2)3)6-7-18-10/h9-10H,5-8,14H2,1-4H3. The van der Waals surface area contributed by atoms with Gasteiger partial charge < -0.3 is 15.0 Å². The highest BCUT2D eigenvalue weighted by Crippen LogP contribution is 2.24. The number of ether oxygens (including phenoxy) is 1. The molecule has 0 saturated carbocycles. The van der Waals surface area contributed by atoms with E-state index in [0.717, 1.165) is 19.5 Å². The van der Waals surface area contributed by atoms with Gasteiger partial charge in [-0.25, -0.2) is 0 Å². The van der Waals surface area contributed by atoms with Crippen LogP contribution in [0.15, 0.2) is 4.52 Å². The van der Waals surface area contributed by atoms with E-state index in [1.165, 1.54) is 0 Å². The smallest absolute Gasteiger partial charge is 0.246 e. The molecule has 2 heterocycles. The maximum atomic E-state index is 6.11. The van der Waals surface area contributed by atoms with Gasteiger partial charge in [-0.15, -0.1) is 0 Å². The van der Waals surface area contributed by atoms with Crippen molar-refractivity contribution in [2.45, 2.75) is 51.8 Å². The van der Waals surface area contributed by atoms with Gasteiger partial charge in [-0.3, -0.25) is 4.90 Å². The van der Waals surface area contributed by atoms with E-state index in [4.69, 9.17) is 15.0 Å². The lowest BCUT2D eigenvalue weighted by Gasteiger charge is -2.34. The average molecular weight is 268 g/mol. The molecule has 1 aliphatic heterocycles. The summed E-state index contributed by atoms with van der Waals surface area (Å²) in [5.74, 6) is 1.08. The zero-order valence-corrected chi connectivity index (χ0v) is 12.2. The fraction of sp³-hybridized carbons (Fsp3) is 0.846. The van der Waals surface area contributed by atoms with Crippen LogP contribution < -0.4 is 5.73 Å². The molecule has 0 amide bonds. The van der Waals surface area contributed by atoms with Crippen molar-refractivity contribution in [1.29, 1.82) is 0 Å².